The Morgan fingerprint density at radius 3 is 2.40 bits per heavy atom. The number of amides is 3. The molecule has 3 aromatic heterocycles. The van der Waals surface area contributed by atoms with Crippen LogP contribution in [0.5, 0.6) is 11.6 Å². The first-order chi connectivity index (χ1) is 29.2. The quantitative estimate of drug-likeness (QED) is 0.203. The predicted octanol–water partition coefficient (Wildman–Crippen LogP) is 4.48. The van der Waals surface area contributed by atoms with E-state index in [4.69, 9.17) is 14.2 Å². The highest BCUT2D eigenvalue weighted by atomic mass is 16.5. The Morgan fingerprint density at radius 2 is 1.65 bits per heavy atom. The van der Waals surface area contributed by atoms with Gasteiger partial charge in [0, 0.05) is 80.9 Å². The molecule has 1 aromatic carbocycles. The summed E-state index contributed by atoms with van der Waals surface area (Å²) in [4.78, 5) is 60.2. The molecule has 1 unspecified atom stereocenters. The highest BCUT2D eigenvalue weighted by Gasteiger charge is 2.42. The summed E-state index contributed by atoms with van der Waals surface area (Å²) in [6.07, 6.45) is 13.1. The van der Waals surface area contributed by atoms with Crippen LogP contribution in [0.2, 0.25) is 0 Å². The molecule has 3 saturated heterocycles. The Hall–Kier alpha value is -5.35. The van der Waals surface area contributed by atoms with E-state index in [1.807, 2.05) is 24.3 Å². The number of H-pyrrole nitrogens is 1. The second kappa shape index (κ2) is 15.9. The van der Waals surface area contributed by atoms with Crippen LogP contribution in [-0.2, 0) is 20.9 Å². The summed E-state index contributed by atoms with van der Waals surface area (Å²) < 4.78 is 18.8. The van der Waals surface area contributed by atoms with Crippen LogP contribution in [0, 0.1) is 5.92 Å². The number of hydrogen-bond acceptors (Lipinski definition) is 13. The van der Waals surface area contributed by atoms with Gasteiger partial charge in [0.25, 0.3) is 5.91 Å². The summed E-state index contributed by atoms with van der Waals surface area (Å²) in [7, 11) is 1.64. The number of benzene rings is 1. The molecule has 4 aromatic rings. The summed E-state index contributed by atoms with van der Waals surface area (Å²) in [6, 6.07) is 7.19. The van der Waals surface area contributed by atoms with Crippen molar-refractivity contribution in [1.82, 2.24) is 40.3 Å². The van der Waals surface area contributed by atoms with E-state index in [-0.39, 0.29) is 29.9 Å². The summed E-state index contributed by atoms with van der Waals surface area (Å²) in [6.45, 7) is 9.08. The maximum absolute atomic E-state index is 13.4. The van der Waals surface area contributed by atoms with Gasteiger partial charge in [-0.05, 0) is 82.8 Å². The number of nitrogens with zero attached hydrogens (tertiary/aromatic N) is 8. The lowest BCUT2D eigenvalue weighted by atomic mass is 9.86. The van der Waals surface area contributed by atoms with Crippen molar-refractivity contribution < 1.29 is 28.6 Å². The van der Waals surface area contributed by atoms with E-state index in [0.29, 0.717) is 42.2 Å². The number of aromatic nitrogens is 5. The lowest BCUT2D eigenvalue weighted by Gasteiger charge is -2.40. The average Bonchev–Trinajstić information content (AvgIpc) is 3.68. The van der Waals surface area contributed by atoms with Crippen LogP contribution in [0.1, 0.15) is 87.1 Å². The Morgan fingerprint density at radius 1 is 0.867 bits per heavy atom. The molecule has 2 N–H and O–H groups in total. The number of carbonyl (C=O) groups excluding carboxylic acids is 3. The average molecular weight is 819 g/mol. The van der Waals surface area contributed by atoms with Crippen molar-refractivity contribution in [2.24, 2.45) is 5.92 Å². The van der Waals surface area contributed by atoms with E-state index in [1.54, 1.807) is 24.5 Å². The monoisotopic (exact) mass is 818 g/mol. The van der Waals surface area contributed by atoms with Crippen LogP contribution >= 0.6 is 0 Å². The summed E-state index contributed by atoms with van der Waals surface area (Å²) in [5.41, 5.74) is 4.66. The molecule has 2 saturated carbocycles. The first kappa shape index (κ1) is 38.8. The molecule has 16 nitrogen and oxygen atoms in total. The third-order valence-electron chi connectivity index (χ3n) is 13.6. The minimum atomic E-state index is -0.652. The SMILES string of the molecule is COc1c(N2CCC(OC3CCC(CN4CCN(c5cc(-c6n[nH]c7cnc(OC8(C)CC8)cc67)ncn5)CC4)CC3)CC2)ccc2c1CN(C1CCC(=O)NC1=O)C2=O. The zero-order valence-electron chi connectivity index (χ0n) is 34.5. The van der Waals surface area contributed by atoms with Gasteiger partial charge < -0.3 is 28.9 Å². The topological polar surface area (TPSA) is 171 Å². The van der Waals surface area contributed by atoms with Gasteiger partial charge in [-0.15, -0.1) is 0 Å². The molecular weight excluding hydrogens is 765 g/mol. The number of carbonyl (C=O) groups is 3. The fraction of sp³-hybridized carbons (Fsp3) is 0.568. The van der Waals surface area contributed by atoms with Gasteiger partial charge in [0.1, 0.15) is 35.2 Å². The molecular formula is C44H54N10O6. The van der Waals surface area contributed by atoms with Crippen molar-refractivity contribution >= 4 is 40.1 Å². The van der Waals surface area contributed by atoms with E-state index in [1.165, 1.54) is 12.8 Å². The number of methoxy groups -OCH3 is 1. The van der Waals surface area contributed by atoms with Gasteiger partial charge >= 0.3 is 0 Å². The molecule has 10 rings (SSSR count). The molecule has 5 fully saturated rings. The van der Waals surface area contributed by atoms with Crippen molar-refractivity contribution in [2.75, 3.05) is 62.7 Å². The molecule has 60 heavy (non-hydrogen) atoms. The molecule has 316 valence electrons. The third kappa shape index (κ3) is 7.75. The van der Waals surface area contributed by atoms with Crippen LogP contribution in [0.15, 0.2) is 36.8 Å². The number of nitrogens with one attached hydrogen (secondary N) is 2. The Kier molecular flexibility index (Phi) is 10.3. The predicted molar refractivity (Wildman–Crippen MR) is 223 cm³/mol. The first-order valence-corrected chi connectivity index (χ1v) is 21.8. The molecule has 0 radical (unpaired) electrons. The highest BCUT2D eigenvalue weighted by molar-refractivity contribution is 6.06. The lowest BCUT2D eigenvalue weighted by molar-refractivity contribution is -0.136. The van der Waals surface area contributed by atoms with Gasteiger partial charge in [-0.25, -0.2) is 15.0 Å². The fourth-order valence-corrected chi connectivity index (χ4v) is 9.89. The molecule has 6 aliphatic rings. The third-order valence-corrected chi connectivity index (χ3v) is 13.6. The lowest BCUT2D eigenvalue weighted by Crippen LogP contribution is -2.52. The molecule has 2 aliphatic carbocycles. The molecule has 0 spiro atoms. The van der Waals surface area contributed by atoms with E-state index < -0.39 is 11.9 Å². The normalized spacial score (nSPS) is 24.8. The Labute approximate surface area is 349 Å². The van der Waals surface area contributed by atoms with Crippen LogP contribution in [0.4, 0.5) is 11.5 Å². The molecule has 1 atom stereocenters. The minimum absolute atomic E-state index is 0.105. The van der Waals surface area contributed by atoms with Crippen molar-refractivity contribution in [1.29, 1.82) is 0 Å². The van der Waals surface area contributed by atoms with Crippen molar-refractivity contribution in [3.8, 4) is 23.0 Å². The highest BCUT2D eigenvalue weighted by Crippen LogP contribution is 2.42. The van der Waals surface area contributed by atoms with Gasteiger partial charge in [0.2, 0.25) is 17.7 Å². The number of aromatic amines is 1. The van der Waals surface area contributed by atoms with E-state index in [2.05, 4.69) is 52.1 Å². The van der Waals surface area contributed by atoms with E-state index in [9.17, 15) is 14.4 Å². The van der Waals surface area contributed by atoms with E-state index >= 15 is 0 Å². The zero-order valence-corrected chi connectivity index (χ0v) is 34.5. The number of ether oxygens (including phenoxy) is 3. The van der Waals surface area contributed by atoms with Crippen LogP contribution in [0.3, 0.4) is 0 Å². The summed E-state index contributed by atoms with van der Waals surface area (Å²) >= 11 is 0. The van der Waals surface area contributed by atoms with Gasteiger partial charge in [-0.2, -0.15) is 5.10 Å². The molecule has 3 amide bonds. The molecule has 7 heterocycles. The summed E-state index contributed by atoms with van der Waals surface area (Å²) in [5, 5.41) is 11.0. The van der Waals surface area contributed by atoms with E-state index in [0.717, 1.165) is 124 Å². The second-order valence-corrected chi connectivity index (χ2v) is 17.8. The zero-order chi connectivity index (χ0) is 41.0. The molecule has 16 heteroatoms. The van der Waals surface area contributed by atoms with Gasteiger partial charge in [-0.3, -0.25) is 29.7 Å². The first-order valence-electron chi connectivity index (χ1n) is 21.8. The van der Waals surface area contributed by atoms with Gasteiger partial charge in [-0.1, -0.05) is 0 Å². The smallest absolute Gasteiger partial charge is 0.255 e. The number of pyridine rings is 1. The maximum atomic E-state index is 13.4. The van der Waals surface area contributed by atoms with Gasteiger partial charge in [0.15, 0.2) is 0 Å². The van der Waals surface area contributed by atoms with Crippen molar-refractivity contribution in [3.05, 3.63) is 47.9 Å². The Bertz CT molecular complexity index is 2270. The standard InChI is InChI=1S/C44H54N10O6/c1-44(13-14-44)60-39-21-31-34(23-45-39)49-50-40(31)33-22-37(47-26-46-33)53-19-17-51(18-20-53)24-27-3-5-28(6-4-27)59-29-11-15-52(16-12-29)35-8-7-30-32(41(35)58-2)25-54(43(30)57)36-9-10-38(55)48-42(36)56/h7-8,21-23,26-29,36H,3-6,9-20,24-25H2,1-2H3,(H,49,50)(H,48,55,56). The minimum Gasteiger partial charge on any atom is -0.494 e. The number of imide groups is 1. The fourth-order valence-electron chi connectivity index (χ4n) is 9.89. The van der Waals surface area contributed by atoms with Crippen LogP contribution in [0.25, 0.3) is 22.3 Å². The van der Waals surface area contributed by atoms with Crippen molar-refractivity contribution in [2.45, 2.75) is 102 Å². The number of anilines is 2. The summed E-state index contributed by atoms with van der Waals surface area (Å²) in [5.74, 6) is 2.04. The maximum Gasteiger partial charge on any atom is 0.255 e. The molecule has 4 aliphatic heterocycles. The van der Waals surface area contributed by atoms with Crippen LogP contribution < -0.4 is 24.6 Å². The number of rotatable bonds is 11. The number of hydrogen-bond donors (Lipinski definition) is 2. The Balaban J connectivity index is 0.673. The largest absolute Gasteiger partial charge is 0.494 e. The van der Waals surface area contributed by atoms with Gasteiger partial charge in [0.05, 0.1) is 49.0 Å². The number of fused-ring (bicyclic) bond motifs is 2. The number of piperazine rings is 1. The second-order valence-electron chi connectivity index (χ2n) is 17.8. The van der Waals surface area contributed by atoms with Crippen LogP contribution in [-0.4, -0.2) is 129 Å². The number of piperidine rings is 2. The molecule has 0 bridgehead atoms. The van der Waals surface area contributed by atoms with Crippen molar-refractivity contribution in [3.63, 3.8) is 0 Å².